The molecule has 1 aromatic rings. The number of carbonyl (C=O) groups excluding carboxylic acids is 1. The molecule has 0 unspecified atom stereocenters. The third kappa shape index (κ3) is 2.97. The zero-order chi connectivity index (χ0) is 13.8. The number of carbonyl (C=O) groups is 1. The number of esters is 1. The Morgan fingerprint density at radius 1 is 1.58 bits per heavy atom. The molecule has 1 aliphatic carbocycles. The van der Waals surface area contributed by atoms with Crippen molar-refractivity contribution in [2.45, 2.75) is 38.6 Å². The molecule has 5 nitrogen and oxygen atoms in total. The molecule has 1 heterocycles. The number of methoxy groups -OCH3 is 1. The maximum absolute atomic E-state index is 11.7. The highest BCUT2D eigenvalue weighted by Gasteiger charge is 2.31. The lowest BCUT2D eigenvalue weighted by molar-refractivity contribution is 0.0602. The van der Waals surface area contributed by atoms with E-state index in [9.17, 15) is 4.79 Å². The van der Waals surface area contributed by atoms with Gasteiger partial charge in [0.05, 0.1) is 18.4 Å². The molecule has 5 heteroatoms. The van der Waals surface area contributed by atoms with Gasteiger partial charge in [0.2, 0.25) is 0 Å². The van der Waals surface area contributed by atoms with Crippen LogP contribution in [0.1, 0.15) is 43.0 Å². The summed E-state index contributed by atoms with van der Waals surface area (Å²) in [6, 6.07) is 2.13. The fraction of sp³-hybridized carbons (Fsp3) is 0.571. The van der Waals surface area contributed by atoms with Crippen LogP contribution in [0.4, 0.5) is 11.5 Å². The van der Waals surface area contributed by atoms with Crippen LogP contribution in [-0.2, 0) is 4.74 Å². The smallest absolute Gasteiger partial charge is 0.340 e. The van der Waals surface area contributed by atoms with Crippen LogP contribution in [0.25, 0.3) is 0 Å². The molecule has 0 radical (unpaired) electrons. The average Bonchev–Trinajstić information content (AvgIpc) is 3.24. The van der Waals surface area contributed by atoms with Gasteiger partial charge in [-0.25, -0.2) is 9.78 Å². The van der Waals surface area contributed by atoms with Crippen molar-refractivity contribution in [2.24, 2.45) is 0 Å². The van der Waals surface area contributed by atoms with Crippen molar-refractivity contribution in [3.63, 3.8) is 0 Å². The van der Waals surface area contributed by atoms with Crippen LogP contribution >= 0.6 is 0 Å². The van der Waals surface area contributed by atoms with Crippen molar-refractivity contribution in [2.75, 3.05) is 24.3 Å². The van der Waals surface area contributed by atoms with Crippen molar-refractivity contribution in [3.8, 4) is 0 Å². The van der Waals surface area contributed by atoms with Gasteiger partial charge in [-0.15, -0.1) is 0 Å². The van der Waals surface area contributed by atoms with E-state index in [1.165, 1.54) is 20.0 Å². The Kier molecular flexibility index (Phi) is 4.24. The third-order valence-electron chi connectivity index (χ3n) is 3.39. The normalized spacial score (nSPS) is 14.2. The van der Waals surface area contributed by atoms with E-state index in [0.717, 1.165) is 25.2 Å². The molecule has 0 atom stereocenters. The van der Waals surface area contributed by atoms with E-state index in [0.29, 0.717) is 17.3 Å². The van der Waals surface area contributed by atoms with Gasteiger partial charge in [0, 0.05) is 18.8 Å². The van der Waals surface area contributed by atoms with Gasteiger partial charge in [0.25, 0.3) is 0 Å². The molecule has 19 heavy (non-hydrogen) atoms. The molecule has 1 aromatic heterocycles. The number of pyridine rings is 1. The fourth-order valence-electron chi connectivity index (χ4n) is 2.16. The van der Waals surface area contributed by atoms with Crippen LogP contribution in [0.3, 0.4) is 0 Å². The molecule has 0 bridgehead atoms. The second-order valence-electron chi connectivity index (χ2n) is 4.87. The van der Waals surface area contributed by atoms with Gasteiger partial charge in [-0.3, -0.25) is 0 Å². The van der Waals surface area contributed by atoms with Crippen LogP contribution in [0.2, 0.25) is 0 Å². The minimum absolute atomic E-state index is 0.398. The molecule has 104 valence electrons. The van der Waals surface area contributed by atoms with Crippen molar-refractivity contribution < 1.29 is 9.53 Å². The lowest BCUT2D eigenvalue weighted by atomic mass is 10.2. The number of nitrogens with zero attached hydrogens (tertiary/aromatic N) is 2. The highest BCUT2D eigenvalue weighted by molar-refractivity contribution is 5.97. The molecule has 2 rings (SSSR count). The summed E-state index contributed by atoms with van der Waals surface area (Å²) in [5, 5.41) is 0. The molecular formula is C14H21N3O2. The van der Waals surface area contributed by atoms with Gasteiger partial charge in [0.1, 0.15) is 0 Å². The SMILES string of the molecule is CCCCN(c1nccc(C(=O)OC)c1N)C1CC1. The zero-order valence-electron chi connectivity index (χ0n) is 11.6. The number of nitrogen functional groups attached to an aromatic ring is 1. The standard InChI is InChI=1S/C14H21N3O2/c1-3-4-9-17(10-5-6-10)13-12(15)11(7-8-16-13)14(18)19-2/h7-8,10H,3-6,9,15H2,1-2H3. The first-order chi connectivity index (χ1) is 9.19. The first-order valence-electron chi connectivity index (χ1n) is 6.78. The summed E-state index contributed by atoms with van der Waals surface area (Å²) in [5.74, 6) is 0.311. The molecule has 1 saturated carbocycles. The Balaban J connectivity index is 2.28. The first-order valence-corrected chi connectivity index (χ1v) is 6.78. The second-order valence-corrected chi connectivity index (χ2v) is 4.87. The highest BCUT2D eigenvalue weighted by Crippen LogP contribution is 2.34. The third-order valence-corrected chi connectivity index (χ3v) is 3.39. The number of hydrogen-bond acceptors (Lipinski definition) is 5. The molecule has 0 aromatic carbocycles. The number of nitrogens with two attached hydrogens (primary N) is 1. The van der Waals surface area contributed by atoms with Crippen molar-refractivity contribution in [3.05, 3.63) is 17.8 Å². The molecule has 0 amide bonds. The summed E-state index contributed by atoms with van der Waals surface area (Å²) in [4.78, 5) is 18.3. The van der Waals surface area contributed by atoms with Crippen LogP contribution in [-0.4, -0.2) is 30.6 Å². The van der Waals surface area contributed by atoms with E-state index in [2.05, 4.69) is 16.8 Å². The number of unbranched alkanes of at least 4 members (excludes halogenated alkanes) is 1. The number of rotatable bonds is 6. The lowest BCUT2D eigenvalue weighted by Gasteiger charge is -2.25. The van der Waals surface area contributed by atoms with Gasteiger partial charge in [-0.05, 0) is 25.3 Å². The van der Waals surface area contributed by atoms with Gasteiger partial charge in [0.15, 0.2) is 5.82 Å². The molecule has 0 spiro atoms. The van der Waals surface area contributed by atoms with Crippen molar-refractivity contribution in [1.29, 1.82) is 0 Å². The summed E-state index contributed by atoms with van der Waals surface area (Å²) < 4.78 is 4.74. The van der Waals surface area contributed by atoms with E-state index in [1.54, 1.807) is 12.3 Å². The van der Waals surface area contributed by atoms with Crippen LogP contribution in [0, 0.1) is 0 Å². The van der Waals surface area contributed by atoms with E-state index >= 15 is 0 Å². The molecule has 0 saturated heterocycles. The van der Waals surface area contributed by atoms with E-state index in [4.69, 9.17) is 10.5 Å². The summed E-state index contributed by atoms with van der Waals surface area (Å²) in [5.41, 5.74) is 6.92. The van der Waals surface area contributed by atoms with E-state index in [-0.39, 0.29) is 0 Å². The van der Waals surface area contributed by atoms with Gasteiger partial charge in [-0.2, -0.15) is 0 Å². The quantitative estimate of drug-likeness (QED) is 0.797. The largest absolute Gasteiger partial charge is 0.465 e. The monoisotopic (exact) mass is 263 g/mol. The van der Waals surface area contributed by atoms with Crippen LogP contribution < -0.4 is 10.6 Å². The second kappa shape index (κ2) is 5.91. The van der Waals surface area contributed by atoms with E-state index < -0.39 is 5.97 Å². The summed E-state index contributed by atoms with van der Waals surface area (Å²) in [7, 11) is 1.36. The van der Waals surface area contributed by atoms with E-state index in [1.807, 2.05) is 0 Å². The van der Waals surface area contributed by atoms with Crippen molar-refractivity contribution in [1.82, 2.24) is 4.98 Å². The fourth-order valence-corrected chi connectivity index (χ4v) is 2.16. The first kappa shape index (κ1) is 13.6. The minimum Gasteiger partial charge on any atom is -0.465 e. The van der Waals surface area contributed by atoms with Crippen molar-refractivity contribution >= 4 is 17.5 Å². The summed E-state index contributed by atoms with van der Waals surface area (Å²) >= 11 is 0. The maximum atomic E-state index is 11.7. The molecule has 1 aliphatic rings. The molecule has 1 fully saturated rings. The van der Waals surface area contributed by atoms with Gasteiger partial charge < -0.3 is 15.4 Å². The Morgan fingerprint density at radius 2 is 2.32 bits per heavy atom. The van der Waals surface area contributed by atoms with Gasteiger partial charge >= 0.3 is 5.97 Å². The molecule has 2 N–H and O–H groups in total. The number of anilines is 2. The predicted octanol–water partition coefficient (Wildman–Crippen LogP) is 2.22. The lowest BCUT2D eigenvalue weighted by Crippen LogP contribution is -2.29. The topological polar surface area (TPSA) is 68.5 Å². The Bertz CT molecular complexity index is 458. The number of ether oxygens (including phenoxy) is 1. The Labute approximate surface area is 113 Å². The molecule has 0 aliphatic heterocycles. The zero-order valence-corrected chi connectivity index (χ0v) is 11.6. The Morgan fingerprint density at radius 3 is 2.89 bits per heavy atom. The van der Waals surface area contributed by atoms with Crippen LogP contribution in [0.15, 0.2) is 12.3 Å². The predicted molar refractivity (Wildman–Crippen MR) is 75.3 cm³/mol. The maximum Gasteiger partial charge on any atom is 0.340 e. The summed E-state index contributed by atoms with van der Waals surface area (Å²) in [6.45, 7) is 3.09. The summed E-state index contributed by atoms with van der Waals surface area (Å²) in [6.07, 6.45) is 6.19. The van der Waals surface area contributed by atoms with Crippen LogP contribution in [0.5, 0.6) is 0 Å². The Hall–Kier alpha value is -1.78. The highest BCUT2D eigenvalue weighted by atomic mass is 16.5. The number of hydrogen-bond donors (Lipinski definition) is 1. The minimum atomic E-state index is -0.410. The number of aromatic nitrogens is 1. The van der Waals surface area contributed by atoms with Gasteiger partial charge in [-0.1, -0.05) is 13.3 Å². The average molecular weight is 263 g/mol. The molecular weight excluding hydrogens is 242 g/mol.